The van der Waals surface area contributed by atoms with Gasteiger partial charge >= 0.3 is 0 Å². The molecule has 0 spiro atoms. The third-order valence-corrected chi connectivity index (χ3v) is 8.71. The molecule has 2 fully saturated rings. The first-order valence-corrected chi connectivity index (χ1v) is 13.0. The number of hydrogen-bond acceptors (Lipinski definition) is 7. The molecule has 7 rings (SSSR count). The number of fused-ring (bicyclic) bond motifs is 1. The lowest BCUT2D eigenvalue weighted by molar-refractivity contribution is -0.160. The molecule has 3 amide bonds. The molecule has 40 heavy (non-hydrogen) atoms. The Morgan fingerprint density at radius 2 is 1.35 bits per heavy atom. The topological polar surface area (TPSA) is 94.6 Å². The van der Waals surface area contributed by atoms with Crippen LogP contribution in [0, 0.1) is 11.8 Å². The van der Waals surface area contributed by atoms with Gasteiger partial charge in [0.15, 0.2) is 23.0 Å². The fourth-order valence-electron chi connectivity index (χ4n) is 6.96. The van der Waals surface area contributed by atoms with Gasteiger partial charge in [-0.15, -0.1) is 0 Å². The fourth-order valence-corrected chi connectivity index (χ4v) is 6.96. The number of carbonyl (C=O) groups is 3. The largest absolute Gasteiger partial charge is 0.493 e. The zero-order valence-electron chi connectivity index (χ0n) is 23.0. The summed E-state index contributed by atoms with van der Waals surface area (Å²) in [5, 5.41) is 0. The summed E-state index contributed by atoms with van der Waals surface area (Å²) in [5.74, 6) is -1.38. The van der Waals surface area contributed by atoms with Gasteiger partial charge in [0.25, 0.3) is 0 Å². The summed E-state index contributed by atoms with van der Waals surface area (Å²) in [4.78, 5) is 45.5. The lowest BCUT2D eigenvalue weighted by Gasteiger charge is -2.58. The Morgan fingerprint density at radius 3 is 2.00 bits per heavy atom. The summed E-state index contributed by atoms with van der Waals surface area (Å²) < 4.78 is 22.2. The highest BCUT2D eigenvalue weighted by atomic mass is 16.5. The molecule has 2 saturated heterocycles. The van der Waals surface area contributed by atoms with Crippen molar-refractivity contribution in [1.82, 2.24) is 4.90 Å². The molecule has 4 atom stereocenters. The Hall–Kier alpha value is -4.53. The maximum Gasteiger partial charge on any atom is 0.240 e. The van der Waals surface area contributed by atoms with Crippen molar-refractivity contribution in [2.24, 2.45) is 11.8 Å². The molecule has 1 aliphatic carbocycles. The number of methoxy groups -OCH3 is 4. The number of rotatable bonds is 7. The van der Waals surface area contributed by atoms with Crippen LogP contribution >= 0.6 is 0 Å². The van der Waals surface area contributed by atoms with Crippen molar-refractivity contribution in [2.75, 3.05) is 40.4 Å². The normalized spacial score (nSPS) is 24.6. The van der Waals surface area contributed by atoms with Gasteiger partial charge in [-0.25, -0.2) is 4.90 Å². The summed E-state index contributed by atoms with van der Waals surface area (Å²) in [7, 11) is 7.91. The van der Waals surface area contributed by atoms with Crippen molar-refractivity contribution in [2.45, 2.75) is 17.9 Å². The molecule has 4 aliphatic rings. The van der Waals surface area contributed by atoms with Gasteiger partial charge in [0.1, 0.15) is 0 Å². The van der Waals surface area contributed by atoms with Gasteiger partial charge in [0.05, 0.1) is 57.4 Å². The highest BCUT2D eigenvalue weighted by Crippen LogP contribution is 2.62. The summed E-state index contributed by atoms with van der Waals surface area (Å²) in [6.07, 6.45) is 0.258. The van der Waals surface area contributed by atoms with Crippen LogP contribution in [0.15, 0.2) is 60.7 Å². The van der Waals surface area contributed by atoms with Gasteiger partial charge < -0.3 is 23.8 Å². The maximum absolute atomic E-state index is 14.4. The zero-order chi connectivity index (χ0) is 28.3. The molecule has 9 nitrogen and oxygen atoms in total. The standard InChI is InChI=1S/C31H30N2O7/c1-32-28(34)25-19-14-23(39-4)24(40-5)15-20(19)31(32,16-17-11-12-21(37-2)22(13-17)38-3)27-26(25)29(35)33(30(27)36)18-9-7-6-8-10-18/h6-15,25-27H,16H2,1-5H3. The Balaban J connectivity index is 1.62. The smallest absolute Gasteiger partial charge is 0.240 e. The number of amides is 3. The Labute approximate surface area is 232 Å². The average Bonchev–Trinajstić information content (AvgIpc) is 3.25. The fraction of sp³-hybridized carbons (Fsp3) is 0.323. The Kier molecular flexibility index (Phi) is 5.98. The van der Waals surface area contributed by atoms with Gasteiger partial charge in [-0.05, 0) is 53.1 Å². The number of para-hydroxylation sites is 1. The molecular weight excluding hydrogens is 512 g/mol. The quantitative estimate of drug-likeness (QED) is 0.422. The van der Waals surface area contributed by atoms with Crippen molar-refractivity contribution in [3.8, 4) is 23.0 Å². The van der Waals surface area contributed by atoms with E-state index in [0.717, 1.165) is 11.1 Å². The molecular formula is C31H30N2O7. The molecule has 0 aromatic heterocycles. The van der Waals surface area contributed by atoms with E-state index in [1.807, 2.05) is 24.3 Å². The third-order valence-electron chi connectivity index (χ3n) is 8.71. The number of piperidine rings is 1. The summed E-state index contributed by atoms with van der Waals surface area (Å²) in [5.41, 5.74) is 1.57. The number of likely N-dealkylation sites (N-methyl/N-ethyl adjacent to an activating group) is 1. The van der Waals surface area contributed by atoms with E-state index in [1.165, 1.54) is 12.0 Å². The van der Waals surface area contributed by atoms with E-state index in [4.69, 9.17) is 18.9 Å². The van der Waals surface area contributed by atoms with Crippen LogP contribution in [0.25, 0.3) is 0 Å². The van der Waals surface area contributed by atoms with Crippen LogP contribution in [-0.4, -0.2) is 58.1 Å². The molecule has 0 N–H and O–H groups in total. The first kappa shape index (κ1) is 25.7. The Morgan fingerprint density at radius 1 is 0.725 bits per heavy atom. The first-order valence-electron chi connectivity index (χ1n) is 13.0. The molecule has 4 unspecified atom stereocenters. The molecule has 3 aliphatic heterocycles. The molecule has 206 valence electrons. The van der Waals surface area contributed by atoms with Gasteiger partial charge in [0.2, 0.25) is 17.7 Å². The second kappa shape index (κ2) is 9.29. The Bertz CT molecular complexity index is 1540. The van der Waals surface area contributed by atoms with Crippen LogP contribution in [0.4, 0.5) is 5.69 Å². The van der Waals surface area contributed by atoms with Gasteiger partial charge in [-0.2, -0.15) is 0 Å². The number of ether oxygens (including phenoxy) is 4. The molecule has 3 aromatic carbocycles. The van der Waals surface area contributed by atoms with E-state index in [0.29, 0.717) is 34.2 Å². The van der Waals surface area contributed by atoms with E-state index in [1.54, 1.807) is 69.7 Å². The van der Waals surface area contributed by atoms with Crippen molar-refractivity contribution >= 4 is 23.4 Å². The summed E-state index contributed by atoms with van der Waals surface area (Å²) in [6.45, 7) is 0. The van der Waals surface area contributed by atoms with Crippen LogP contribution in [-0.2, 0) is 26.3 Å². The van der Waals surface area contributed by atoms with Crippen molar-refractivity contribution in [3.63, 3.8) is 0 Å². The van der Waals surface area contributed by atoms with E-state index < -0.39 is 23.3 Å². The molecule has 9 heteroatoms. The second-order valence-electron chi connectivity index (χ2n) is 10.3. The number of nitrogens with zero attached hydrogens (tertiary/aromatic N) is 2. The molecule has 2 bridgehead atoms. The minimum absolute atomic E-state index is 0.211. The van der Waals surface area contributed by atoms with Crippen LogP contribution in [0.3, 0.4) is 0 Å². The van der Waals surface area contributed by atoms with Gasteiger partial charge in [-0.1, -0.05) is 24.3 Å². The first-order chi connectivity index (χ1) is 19.3. The highest BCUT2D eigenvalue weighted by molar-refractivity contribution is 6.25. The van der Waals surface area contributed by atoms with Crippen LogP contribution in [0.2, 0.25) is 0 Å². The SMILES string of the molecule is COc1ccc(CC23c4cc(OC)c(OC)cc4C(C(=O)N2C)C2C(=O)N(c4ccccc4)C(=O)C23)cc1OC. The zero-order valence-corrected chi connectivity index (χ0v) is 23.0. The summed E-state index contributed by atoms with van der Waals surface area (Å²) >= 11 is 0. The van der Waals surface area contributed by atoms with Crippen molar-refractivity contribution in [3.05, 3.63) is 77.4 Å². The van der Waals surface area contributed by atoms with E-state index >= 15 is 0 Å². The van der Waals surface area contributed by atoms with Crippen LogP contribution < -0.4 is 23.8 Å². The average molecular weight is 543 g/mol. The monoisotopic (exact) mass is 542 g/mol. The molecule has 3 heterocycles. The molecule has 3 aromatic rings. The maximum atomic E-state index is 14.4. The number of hydrogen-bond donors (Lipinski definition) is 0. The number of carbonyl (C=O) groups excluding carboxylic acids is 3. The molecule has 0 radical (unpaired) electrons. The van der Waals surface area contributed by atoms with Gasteiger partial charge in [0, 0.05) is 13.5 Å². The van der Waals surface area contributed by atoms with Crippen molar-refractivity contribution in [1.29, 1.82) is 0 Å². The molecule has 0 saturated carbocycles. The minimum atomic E-state index is -1.18. The number of imide groups is 1. The summed E-state index contributed by atoms with van der Waals surface area (Å²) in [6, 6.07) is 18.0. The highest BCUT2D eigenvalue weighted by Gasteiger charge is 2.71. The van der Waals surface area contributed by atoms with E-state index in [9.17, 15) is 14.4 Å². The number of anilines is 1. The van der Waals surface area contributed by atoms with E-state index in [-0.39, 0.29) is 24.1 Å². The van der Waals surface area contributed by atoms with Crippen LogP contribution in [0.1, 0.15) is 22.6 Å². The van der Waals surface area contributed by atoms with Crippen molar-refractivity contribution < 1.29 is 33.3 Å². The lowest BCUT2D eigenvalue weighted by Crippen LogP contribution is -2.67. The second-order valence-corrected chi connectivity index (χ2v) is 10.3. The minimum Gasteiger partial charge on any atom is -0.493 e. The van der Waals surface area contributed by atoms with Crippen LogP contribution in [0.5, 0.6) is 23.0 Å². The third kappa shape index (κ3) is 3.30. The van der Waals surface area contributed by atoms with Gasteiger partial charge in [-0.3, -0.25) is 14.4 Å². The predicted molar refractivity (Wildman–Crippen MR) is 146 cm³/mol. The predicted octanol–water partition coefficient (Wildman–Crippen LogP) is 3.53. The number of benzene rings is 3. The van der Waals surface area contributed by atoms with E-state index in [2.05, 4.69) is 0 Å². The lowest BCUT2D eigenvalue weighted by atomic mass is 9.54.